The predicted molar refractivity (Wildman–Crippen MR) is 62.2 cm³/mol. The molecule has 1 aliphatic carbocycles. The SMILES string of the molecule is CC1(C(N)C2CCOC3(CCOC3)C2)CC1. The van der Waals surface area contributed by atoms with Gasteiger partial charge < -0.3 is 15.2 Å². The van der Waals surface area contributed by atoms with Gasteiger partial charge in [-0.3, -0.25) is 0 Å². The first-order valence-corrected chi connectivity index (χ1v) is 6.61. The molecule has 2 N–H and O–H groups in total. The first kappa shape index (κ1) is 11.0. The van der Waals surface area contributed by atoms with Crippen LogP contribution >= 0.6 is 0 Å². The van der Waals surface area contributed by atoms with Gasteiger partial charge in [0.2, 0.25) is 0 Å². The molecule has 1 spiro atoms. The molecule has 3 aliphatic rings. The van der Waals surface area contributed by atoms with Gasteiger partial charge >= 0.3 is 0 Å². The van der Waals surface area contributed by atoms with Crippen molar-refractivity contribution in [1.29, 1.82) is 0 Å². The molecule has 0 bridgehead atoms. The molecule has 2 heterocycles. The summed E-state index contributed by atoms with van der Waals surface area (Å²) in [6.07, 6.45) is 5.94. The van der Waals surface area contributed by atoms with Crippen LogP contribution in [0.15, 0.2) is 0 Å². The van der Waals surface area contributed by atoms with E-state index in [0.29, 0.717) is 17.4 Å². The lowest BCUT2D eigenvalue weighted by molar-refractivity contribution is -0.104. The standard InChI is InChI=1S/C13H23NO2/c1-12(3-4-12)11(14)10-2-6-16-13(8-10)5-7-15-9-13/h10-11H,2-9,14H2,1H3. The lowest BCUT2D eigenvalue weighted by atomic mass is 9.76. The van der Waals surface area contributed by atoms with Crippen LogP contribution in [0.25, 0.3) is 0 Å². The molecular weight excluding hydrogens is 202 g/mol. The van der Waals surface area contributed by atoms with Crippen LogP contribution in [0.1, 0.15) is 39.0 Å². The van der Waals surface area contributed by atoms with Crippen molar-refractivity contribution in [1.82, 2.24) is 0 Å². The average molecular weight is 225 g/mol. The van der Waals surface area contributed by atoms with E-state index < -0.39 is 0 Å². The topological polar surface area (TPSA) is 44.5 Å². The summed E-state index contributed by atoms with van der Waals surface area (Å²) >= 11 is 0. The number of hydrogen-bond donors (Lipinski definition) is 1. The maximum atomic E-state index is 6.44. The smallest absolute Gasteiger partial charge is 0.0939 e. The summed E-state index contributed by atoms with van der Waals surface area (Å²) in [5.41, 5.74) is 6.90. The van der Waals surface area contributed by atoms with Gasteiger partial charge in [0.15, 0.2) is 0 Å². The molecule has 2 saturated heterocycles. The van der Waals surface area contributed by atoms with Gasteiger partial charge in [-0.1, -0.05) is 6.92 Å². The minimum atomic E-state index is 0.0196. The van der Waals surface area contributed by atoms with Gasteiger partial charge in [-0.25, -0.2) is 0 Å². The fourth-order valence-corrected chi connectivity index (χ4v) is 3.34. The lowest BCUT2D eigenvalue weighted by Crippen LogP contribution is -2.48. The third kappa shape index (κ3) is 1.79. The van der Waals surface area contributed by atoms with Crippen molar-refractivity contribution >= 4 is 0 Å². The second kappa shape index (κ2) is 3.69. The lowest BCUT2D eigenvalue weighted by Gasteiger charge is -2.41. The number of ether oxygens (including phenoxy) is 2. The van der Waals surface area contributed by atoms with E-state index in [1.165, 1.54) is 12.8 Å². The van der Waals surface area contributed by atoms with Crippen molar-refractivity contribution in [2.24, 2.45) is 17.1 Å². The molecule has 0 aromatic rings. The summed E-state index contributed by atoms with van der Waals surface area (Å²) in [5, 5.41) is 0. The van der Waals surface area contributed by atoms with E-state index in [1.807, 2.05) is 0 Å². The van der Waals surface area contributed by atoms with Gasteiger partial charge in [-0.2, -0.15) is 0 Å². The van der Waals surface area contributed by atoms with Gasteiger partial charge in [0.25, 0.3) is 0 Å². The van der Waals surface area contributed by atoms with Crippen molar-refractivity contribution < 1.29 is 9.47 Å². The first-order valence-electron chi connectivity index (χ1n) is 6.61. The molecule has 0 aromatic heterocycles. The van der Waals surface area contributed by atoms with E-state index in [9.17, 15) is 0 Å². The molecule has 2 aliphatic heterocycles. The van der Waals surface area contributed by atoms with Gasteiger partial charge in [-0.05, 0) is 37.0 Å². The normalized spacial score (nSPS) is 43.5. The van der Waals surface area contributed by atoms with Crippen molar-refractivity contribution in [3.63, 3.8) is 0 Å². The molecule has 16 heavy (non-hydrogen) atoms. The first-order chi connectivity index (χ1) is 7.64. The predicted octanol–water partition coefficient (Wildman–Crippen LogP) is 1.70. The second-order valence-electron chi connectivity index (χ2n) is 6.27. The Morgan fingerprint density at radius 3 is 2.69 bits per heavy atom. The molecule has 0 aromatic carbocycles. The molecule has 3 nitrogen and oxygen atoms in total. The van der Waals surface area contributed by atoms with Crippen molar-refractivity contribution in [3.05, 3.63) is 0 Å². The van der Waals surface area contributed by atoms with Crippen LogP contribution in [0.5, 0.6) is 0 Å². The highest BCUT2D eigenvalue weighted by atomic mass is 16.6. The summed E-state index contributed by atoms with van der Waals surface area (Å²) in [6.45, 7) is 4.86. The quantitative estimate of drug-likeness (QED) is 0.778. The van der Waals surface area contributed by atoms with Gasteiger partial charge in [0, 0.05) is 25.7 Å². The Morgan fingerprint density at radius 1 is 1.25 bits per heavy atom. The van der Waals surface area contributed by atoms with E-state index in [4.69, 9.17) is 15.2 Å². The minimum absolute atomic E-state index is 0.0196. The molecule has 3 atom stereocenters. The van der Waals surface area contributed by atoms with E-state index in [-0.39, 0.29) is 5.60 Å². The second-order valence-corrected chi connectivity index (χ2v) is 6.27. The summed E-state index contributed by atoms with van der Waals surface area (Å²) in [5.74, 6) is 0.642. The zero-order chi connectivity index (χ0) is 11.2. The minimum Gasteiger partial charge on any atom is -0.378 e. The molecule has 3 fully saturated rings. The Morgan fingerprint density at radius 2 is 2.06 bits per heavy atom. The highest BCUT2D eigenvalue weighted by Crippen LogP contribution is 2.52. The molecule has 1 saturated carbocycles. The average Bonchev–Trinajstić information content (AvgIpc) is 2.89. The number of hydrogen-bond acceptors (Lipinski definition) is 3. The monoisotopic (exact) mass is 225 g/mol. The molecular formula is C13H23NO2. The zero-order valence-electron chi connectivity index (χ0n) is 10.2. The molecule has 3 rings (SSSR count). The van der Waals surface area contributed by atoms with Crippen LogP contribution < -0.4 is 5.73 Å². The fraction of sp³-hybridized carbons (Fsp3) is 1.00. The third-order valence-electron chi connectivity index (χ3n) is 4.95. The zero-order valence-corrected chi connectivity index (χ0v) is 10.2. The van der Waals surface area contributed by atoms with E-state index in [0.717, 1.165) is 39.1 Å². The number of nitrogens with two attached hydrogens (primary N) is 1. The van der Waals surface area contributed by atoms with E-state index >= 15 is 0 Å². The third-order valence-corrected chi connectivity index (χ3v) is 4.95. The van der Waals surface area contributed by atoms with Gasteiger partial charge in [-0.15, -0.1) is 0 Å². The van der Waals surface area contributed by atoms with Crippen molar-refractivity contribution in [3.8, 4) is 0 Å². The Balaban J connectivity index is 1.67. The van der Waals surface area contributed by atoms with Gasteiger partial charge in [0.1, 0.15) is 0 Å². The maximum absolute atomic E-state index is 6.44. The molecule has 3 heteroatoms. The van der Waals surface area contributed by atoms with E-state index in [1.54, 1.807) is 0 Å². The highest BCUT2D eigenvalue weighted by molar-refractivity contribution is 5.03. The van der Waals surface area contributed by atoms with E-state index in [2.05, 4.69) is 6.92 Å². The number of rotatable bonds is 2. The van der Waals surface area contributed by atoms with Crippen molar-refractivity contribution in [2.45, 2.75) is 50.7 Å². The Labute approximate surface area is 97.7 Å². The largest absolute Gasteiger partial charge is 0.378 e. The van der Waals surface area contributed by atoms with Crippen LogP contribution in [0, 0.1) is 11.3 Å². The van der Waals surface area contributed by atoms with Gasteiger partial charge in [0.05, 0.1) is 12.2 Å². The Bertz CT molecular complexity index is 269. The van der Waals surface area contributed by atoms with Crippen LogP contribution in [0.4, 0.5) is 0 Å². The molecule has 0 amide bonds. The summed E-state index contributed by atoms with van der Waals surface area (Å²) in [4.78, 5) is 0. The molecule has 3 unspecified atom stereocenters. The summed E-state index contributed by atoms with van der Waals surface area (Å²) < 4.78 is 11.5. The Kier molecular flexibility index (Phi) is 2.54. The fourth-order valence-electron chi connectivity index (χ4n) is 3.34. The molecule has 92 valence electrons. The maximum Gasteiger partial charge on any atom is 0.0939 e. The molecule has 0 radical (unpaired) electrons. The Hall–Kier alpha value is -0.120. The summed E-state index contributed by atoms with van der Waals surface area (Å²) in [6, 6.07) is 0.369. The highest BCUT2D eigenvalue weighted by Gasteiger charge is 2.50. The van der Waals surface area contributed by atoms with Crippen LogP contribution in [-0.2, 0) is 9.47 Å². The van der Waals surface area contributed by atoms with Crippen LogP contribution in [0.2, 0.25) is 0 Å². The van der Waals surface area contributed by atoms with Crippen LogP contribution in [0.3, 0.4) is 0 Å². The van der Waals surface area contributed by atoms with Crippen LogP contribution in [-0.4, -0.2) is 31.5 Å². The summed E-state index contributed by atoms with van der Waals surface area (Å²) in [7, 11) is 0. The van der Waals surface area contributed by atoms with Crippen molar-refractivity contribution in [2.75, 3.05) is 19.8 Å².